The summed E-state index contributed by atoms with van der Waals surface area (Å²) in [7, 11) is 0. The van der Waals surface area contributed by atoms with Gasteiger partial charge in [0.1, 0.15) is 5.82 Å². The number of hydrogen-bond acceptors (Lipinski definition) is 3. The largest absolute Gasteiger partial charge is 0.475 e. The molecule has 2 rings (SSSR count). The molecule has 0 amide bonds. The van der Waals surface area contributed by atoms with Gasteiger partial charge in [-0.2, -0.15) is 0 Å². The van der Waals surface area contributed by atoms with Crippen molar-refractivity contribution in [1.82, 2.24) is 4.98 Å². The van der Waals surface area contributed by atoms with Crippen LogP contribution in [0, 0.1) is 12.7 Å². The summed E-state index contributed by atoms with van der Waals surface area (Å²) in [4.78, 5) is 15.2. The fourth-order valence-electron chi connectivity index (χ4n) is 1.80. The maximum atomic E-state index is 14.0. The zero-order valence-electron chi connectivity index (χ0n) is 10.9. The summed E-state index contributed by atoms with van der Waals surface area (Å²) >= 11 is 0. The Hall–Kier alpha value is -2.17. The second-order valence-electron chi connectivity index (χ2n) is 4.63. The standard InChI is InChI=1S/C14H14FNO3/c1-7(2)11-12(14(17)18)19-13(16-11)9-6-4-5-8(3)10(9)15/h4-7H,1-3H3,(H,17,18). The number of aromatic carboxylic acids is 1. The lowest BCUT2D eigenvalue weighted by molar-refractivity contribution is 0.0661. The molecular weight excluding hydrogens is 249 g/mol. The molecule has 0 bridgehead atoms. The van der Waals surface area contributed by atoms with Gasteiger partial charge in [0.25, 0.3) is 0 Å². The van der Waals surface area contributed by atoms with E-state index in [-0.39, 0.29) is 23.1 Å². The first-order valence-corrected chi connectivity index (χ1v) is 5.91. The maximum absolute atomic E-state index is 14.0. The Morgan fingerprint density at radius 1 is 1.42 bits per heavy atom. The number of rotatable bonds is 3. The Morgan fingerprint density at radius 3 is 2.63 bits per heavy atom. The van der Waals surface area contributed by atoms with Crippen LogP contribution in [0.3, 0.4) is 0 Å². The predicted molar refractivity (Wildman–Crippen MR) is 67.7 cm³/mol. The predicted octanol–water partition coefficient (Wildman–Crippen LogP) is 3.61. The first-order chi connectivity index (χ1) is 8.91. The Kier molecular flexibility index (Phi) is 3.38. The van der Waals surface area contributed by atoms with Gasteiger partial charge in [-0.05, 0) is 24.5 Å². The van der Waals surface area contributed by atoms with Gasteiger partial charge in [-0.15, -0.1) is 0 Å². The van der Waals surface area contributed by atoms with Gasteiger partial charge in [-0.25, -0.2) is 14.2 Å². The van der Waals surface area contributed by atoms with E-state index in [0.717, 1.165) is 0 Å². The molecule has 0 aliphatic rings. The Labute approximate surface area is 109 Å². The molecule has 0 radical (unpaired) electrons. The molecule has 0 unspecified atom stereocenters. The van der Waals surface area contributed by atoms with E-state index in [2.05, 4.69) is 4.98 Å². The molecule has 1 aromatic heterocycles. The second kappa shape index (κ2) is 4.84. The van der Waals surface area contributed by atoms with E-state index in [1.807, 2.05) is 0 Å². The third-order valence-electron chi connectivity index (χ3n) is 2.82. The molecule has 2 aromatic rings. The van der Waals surface area contributed by atoms with Crippen LogP contribution >= 0.6 is 0 Å². The summed E-state index contributed by atoms with van der Waals surface area (Å²) in [6.07, 6.45) is 0. The van der Waals surface area contributed by atoms with Crippen LogP contribution in [0.2, 0.25) is 0 Å². The highest BCUT2D eigenvalue weighted by Gasteiger charge is 2.23. The van der Waals surface area contributed by atoms with E-state index in [4.69, 9.17) is 9.52 Å². The molecule has 0 spiro atoms. The summed E-state index contributed by atoms with van der Waals surface area (Å²) in [5.41, 5.74) is 0.955. The lowest BCUT2D eigenvalue weighted by Crippen LogP contribution is -2.01. The Morgan fingerprint density at radius 2 is 2.11 bits per heavy atom. The average molecular weight is 263 g/mol. The van der Waals surface area contributed by atoms with Crippen molar-refractivity contribution in [2.75, 3.05) is 0 Å². The molecule has 0 fully saturated rings. The van der Waals surface area contributed by atoms with E-state index in [1.165, 1.54) is 6.07 Å². The minimum Gasteiger partial charge on any atom is -0.475 e. The number of nitrogens with zero attached hydrogens (tertiary/aromatic N) is 1. The highest BCUT2D eigenvalue weighted by atomic mass is 19.1. The number of carbonyl (C=O) groups is 1. The number of aryl methyl sites for hydroxylation is 1. The lowest BCUT2D eigenvalue weighted by atomic mass is 10.1. The van der Waals surface area contributed by atoms with E-state index in [1.54, 1.807) is 32.9 Å². The van der Waals surface area contributed by atoms with Gasteiger partial charge < -0.3 is 9.52 Å². The Balaban J connectivity index is 2.61. The number of aromatic nitrogens is 1. The molecule has 0 aliphatic heterocycles. The van der Waals surface area contributed by atoms with Gasteiger partial charge in [0.15, 0.2) is 0 Å². The number of benzene rings is 1. The van der Waals surface area contributed by atoms with Gasteiger partial charge >= 0.3 is 5.97 Å². The van der Waals surface area contributed by atoms with Gasteiger partial charge in [0.05, 0.1) is 11.3 Å². The first-order valence-electron chi connectivity index (χ1n) is 5.91. The molecule has 4 nitrogen and oxygen atoms in total. The quantitative estimate of drug-likeness (QED) is 0.918. The van der Waals surface area contributed by atoms with Crippen LogP contribution in [0.15, 0.2) is 22.6 Å². The normalized spacial score (nSPS) is 11.0. The second-order valence-corrected chi connectivity index (χ2v) is 4.63. The molecular formula is C14H14FNO3. The number of carboxylic acids is 1. The summed E-state index contributed by atoms with van der Waals surface area (Å²) in [6, 6.07) is 4.82. The van der Waals surface area contributed by atoms with Crippen LogP contribution in [-0.4, -0.2) is 16.1 Å². The van der Waals surface area contributed by atoms with E-state index < -0.39 is 11.8 Å². The van der Waals surface area contributed by atoms with Crippen LogP contribution < -0.4 is 0 Å². The number of carboxylic acid groups (broad SMARTS) is 1. The highest BCUT2D eigenvalue weighted by Crippen LogP contribution is 2.29. The molecule has 100 valence electrons. The summed E-state index contributed by atoms with van der Waals surface area (Å²) < 4.78 is 19.2. The van der Waals surface area contributed by atoms with Crippen molar-refractivity contribution in [2.24, 2.45) is 0 Å². The van der Waals surface area contributed by atoms with E-state index in [9.17, 15) is 9.18 Å². The van der Waals surface area contributed by atoms with Crippen molar-refractivity contribution >= 4 is 5.97 Å². The van der Waals surface area contributed by atoms with Gasteiger partial charge in [0.2, 0.25) is 11.7 Å². The van der Waals surface area contributed by atoms with Crippen molar-refractivity contribution < 1.29 is 18.7 Å². The van der Waals surface area contributed by atoms with Crippen molar-refractivity contribution in [3.63, 3.8) is 0 Å². The fraction of sp³-hybridized carbons (Fsp3) is 0.286. The number of halogens is 1. The topological polar surface area (TPSA) is 63.3 Å². The molecule has 0 aliphatic carbocycles. The molecule has 1 N–H and O–H groups in total. The van der Waals surface area contributed by atoms with E-state index in [0.29, 0.717) is 11.3 Å². The van der Waals surface area contributed by atoms with Crippen molar-refractivity contribution in [1.29, 1.82) is 0 Å². The minimum absolute atomic E-state index is 0.00213. The van der Waals surface area contributed by atoms with Crippen LogP contribution in [0.5, 0.6) is 0 Å². The van der Waals surface area contributed by atoms with Gasteiger partial charge in [-0.1, -0.05) is 26.0 Å². The molecule has 1 heterocycles. The highest BCUT2D eigenvalue weighted by molar-refractivity contribution is 5.86. The van der Waals surface area contributed by atoms with Crippen molar-refractivity contribution in [2.45, 2.75) is 26.7 Å². The van der Waals surface area contributed by atoms with Crippen LogP contribution in [0.4, 0.5) is 4.39 Å². The minimum atomic E-state index is -1.20. The maximum Gasteiger partial charge on any atom is 0.373 e. The van der Waals surface area contributed by atoms with Crippen LogP contribution in [0.1, 0.15) is 41.6 Å². The third kappa shape index (κ3) is 2.36. The first kappa shape index (κ1) is 13.3. The van der Waals surface area contributed by atoms with Crippen molar-refractivity contribution in [3.8, 4) is 11.5 Å². The van der Waals surface area contributed by atoms with Crippen molar-refractivity contribution in [3.05, 3.63) is 41.0 Å². The summed E-state index contributed by atoms with van der Waals surface area (Å²) in [5.74, 6) is -1.99. The molecule has 0 saturated carbocycles. The lowest BCUT2D eigenvalue weighted by Gasteiger charge is -2.00. The van der Waals surface area contributed by atoms with Gasteiger partial charge in [-0.3, -0.25) is 0 Å². The summed E-state index contributed by atoms with van der Waals surface area (Å²) in [5, 5.41) is 9.07. The molecule has 5 heteroatoms. The smallest absolute Gasteiger partial charge is 0.373 e. The average Bonchev–Trinajstić information content (AvgIpc) is 2.77. The number of hydrogen-bond donors (Lipinski definition) is 1. The SMILES string of the molecule is Cc1cccc(-c2nc(C(C)C)c(C(=O)O)o2)c1F. The Bertz CT molecular complexity index is 632. The monoisotopic (exact) mass is 263 g/mol. The summed E-state index contributed by atoms with van der Waals surface area (Å²) in [6.45, 7) is 5.24. The molecule has 19 heavy (non-hydrogen) atoms. The zero-order chi connectivity index (χ0) is 14.2. The van der Waals surface area contributed by atoms with Crippen LogP contribution in [-0.2, 0) is 0 Å². The van der Waals surface area contributed by atoms with Gasteiger partial charge in [0, 0.05) is 0 Å². The van der Waals surface area contributed by atoms with E-state index >= 15 is 0 Å². The zero-order valence-corrected chi connectivity index (χ0v) is 10.9. The molecule has 0 saturated heterocycles. The number of oxazole rings is 1. The third-order valence-corrected chi connectivity index (χ3v) is 2.82. The molecule has 0 atom stereocenters. The molecule has 1 aromatic carbocycles. The van der Waals surface area contributed by atoms with Crippen LogP contribution in [0.25, 0.3) is 11.5 Å². The fourth-order valence-corrected chi connectivity index (χ4v) is 1.80.